The van der Waals surface area contributed by atoms with E-state index in [4.69, 9.17) is 14.6 Å². The largest absolute Gasteiger partial charge is 0.465 e. The highest BCUT2D eigenvalue weighted by molar-refractivity contribution is 5.94. The first-order valence-electron chi connectivity index (χ1n) is 11.9. The van der Waals surface area contributed by atoms with Gasteiger partial charge in [0.1, 0.15) is 0 Å². The Morgan fingerprint density at radius 1 is 1.03 bits per heavy atom. The number of carbonyl (C=O) groups is 2. The summed E-state index contributed by atoms with van der Waals surface area (Å²) in [6, 6.07) is 13.3. The van der Waals surface area contributed by atoms with Crippen molar-refractivity contribution in [3.8, 4) is 0 Å². The van der Waals surface area contributed by atoms with Gasteiger partial charge in [-0.1, -0.05) is 18.2 Å². The first-order chi connectivity index (χ1) is 17.1. The number of rotatable bonds is 6. The van der Waals surface area contributed by atoms with Crippen molar-refractivity contribution >= 4 is 11.9 Å². The number of ether oxygens (including phenoxy) is 2. The lowest BCUT2D eigenvalue weighted by molar-refractivity contribution is 0.0297. The molecule has 9 nitrogen and oxygen atoms in total. The highest BCUT2D eigenvalue weighted by atomic mass is 16.5. The summed E-state index contributed by atoms with van der Waals surface area (Å²) in [7, 11) is 1.38. The SMILES string of the molecule is COC(=O)c1ccc(CN2CCc3c(c(C(=O)N4CCOCC4)nn3Cc3ccccn3)C2)cc1. The number of morpholine rings is 1. The molecule has 0 radical (unpaired) electrons. The Labute approximate surface area is 204 Å². The Bertz CT molecular complexity index is 1190. The van der Waals surface area contributed by atoms with Gasteiger partial charge in [0, 0.05) is 56.6 Å². The Kier molecular flexibility index (Phi) is 6.87. The second-order valence-electron chi connectivity index (χ2n) is 8.81. The molecule has 0 aliphatic carbocycles. The Balaban J connectivity index is 1.39. The van der Waals surface area contributed by atoms with Gasteiger partial charge in [0.05, 0.1) is 38.1 Å². The van der Waals surface area contributed by atoms with Gasteiger partial charge in [-0.25, -0.2) is 4.79 Å². The highest BCUT2D eigenvalue weighted by Crippen LogP contribution is 2.26. The van der Waals surface area contributed by atoms with E-state index in [-0.39, 0.29) is 11.9 Å². The third-order valence-corrected chi connectivity index (χ3v) is 6.53. The number of esters is 1. The van der Waals surface area contributed by atoms with Crippen LogP contribution < -0.4 is 0 Å². The van der Waals surface area contributed by atoms with Gasteiger partial charge in [-0.3, -0.25) is 19.4 Å². The Morgan fingerprint density at radius 2 is 1.83 bits per heavy atom. The molecule has 2 aliphatic heterocycles. The van der Waals surface area contributed by atoms with Crippen molar-refractivity contribution in [2.75, 3.05) is 40.0 Å². The van der Waals surface area contributed by atoms with Gasteiger partial charge in [0.25, 0.3) is 5.91 Å². The molecule has 5 rings (SSSR count). The van der Waals surface area contributed by atoms with Crippen molar-refractivity contribution in [1.82, 2.24) is 24.6 Å². The Hall–Kier alpha value is -3.56. The molecule has 0 spiro atoms. The number of aromatic nitrogens is 3. The highest BCUT2D eigenvalue weighted by Gasteiger charge is 2.31. The summed E-state index contributed by atoms with van der Waals surface area (Å²) in [5, 5.41) is 4.81. The topological polar surface area (TPSA) is 89.8 Å². The van der Waals surface area contributed by atoms with Gasteiger partial charge in [-0.15, -0.1) is 0 Å². The molecular weight excluding hydrogens is 446 g/mol. The van der Waals surface area contributed by atoms with Crippen LogP contribution in [0.3, 0.4) is 0 Å². The normalized spacial score (nSPS) is 16.1. The van der Waals surface area contributed by atoms with Crippen LogP contribution in [0.2, 0.25) is 0 Å². The number of hydrogen-bond acceptors (Lipinski definition) is 7. The average molecular weight is 476 g/mol. The average Bonchev–Trinajstić information content (AvgIpc) is 3.26. The maximum Gasteiger partial charge on any atom is 0.337 e. The van der Waals surface area contributed by atoms with Gasteiger partial charge < -0.3 is 14.4 Å². The van der Waals surface area contributed by atoms with Gasteiger partial charge in [-0.2, -0.15) is 5.10 Å². The van der Waals surface area contributed by atoms with E-state index in [1.807, 2.05) is 39.9 Å². The van der Waals surface area contributed by atoms with E-state index in [9.17, 15) is 9.59 Å². The molecule has 0 bridgehead atoms. The number of methoxy groups -OCH3 is 1. The third-order valence-electron chi connectivity index (χ3n) is 6.53. The van der Waals surface area contributed by atoms with E-state index in [1.165, 1.54) is 7.11 Å². The summed E-state index contributed by atoms with van der Waals surface area (Å²) in [5.74, 6) is -0.376. The predicted octanol–water partition coefficient (Wildman–Crippen LogP) is 2.14. The monoisotopic (exact) mass is 475 g/mol. The van der Waals surface area contributed by atoms with Crippen molar-refractivity contribution in [2.45, 2.75) is 26.1 Å². The molecule has 1 saturated heterocycles. The summed E-state index contributed by atoms with van der Waals surface area (Å²) < 4.78 is 12.2. The first-order valence-corrected chi connectivity index (χ1v) is 11.9. The fourth-order valence-corrected chi connectivity index (χ4v) is 4.67. The fraction of sp³-hybridized carbons (Fsp3) is 0.385. The minimum Gasteiger partial charge on any atom is -0.465 e. The molecule has 0 N–H and O–H groups in total. The van der Waals surface area contributed by atoms with Crippen LogP contribution in [-0.2, 0) is 35.5 Å². The van der Waals surface area contributed by atoms with Gasteiger partial charge >= 0.3 is 5.97 Å². The number of hydrogen-bond donors (Lipinski definition) is 0. The predicted molar refractivity (Wildman–Crippen MR) is 128 cm³/mol. The van der Waals surface area contributed by atoms with Gasteiger partial charge in [0.15, 0.2) is 5.69 Å². The zero-order valence-electron chi connectivity index (χ0n) is 19.9. The first kappa shape index (κ1) is 23.2. The number of nitrogens with zero attached hydrogens (tertiary/aromatic N) is 5. The van der Waals surface area contributed by atoms with Crippen molar-refractivity contribution in [1.29, 1.82) is 0 Å². The number of carbonyl (C=O) groups excluding carboxylic acids is 2. The minimum absolute atomic E-state index is 0.0337. The van der Waals surface area contributed by atoms with Crippen LogP contribution in [0.1, 0.15) is 43.4 Å². The molecule has 182 valence electrons. The van der Waals surface area contributed by atoms with Crippen LogP contribution in [0.5, 0.6) is 0 Å². The van der Waals surface area contributed by atoms with E-state index in [0.29, 0.717) is 50.7 Å². The summed E-state index contributed by atoms with van der Waals surface area (Å²) in [6.45, 7) is 5.01. The fourth-order valence-electron chi connectivity index (χ4n) is 4.67. The van der Waals surface area contributed by atoms with Crippen LogP contribution in [0.25, 0.3) is 0 Å². The molecule has 9 heteroatoms. The zero-order chi connectivity index (χ0) is 24.2. The molecule has 2 aromatic heterocycles. The maximum absolute atomic E-state index is 13.4. The van der Waals surface area contributed by atoms with Crippen LogP contribution in [0, 0.1) is 0 Å². The van der Waals surface area contributed by atoms with E-state index in [0.717, 1.165) is 42.0 Å². The molecule has 1 aromatic carbocycles. The summed E-state index contributed by atoms with van der Waals surface area (Å²) in [4.78, 5) is 33.8. The second-order valence-corrected chi connectivity index (χ2v) is 8.81. The molecule has 2 aliphatic rings. The number of amides is 1. The third kappa shape index (κ3) is 5.11. The van der Waals surface area contributed by atoms with Crippen molar-refractivity contribution in [3.05, 3.63) is 82.4 Å². The van der Waals surface area contributed by atoms with E-state index in [1.54, 1.807) is 18.3 Å². The summed E-state index contributed by atoms with van der Waals surface area (Å²) in [5.41, 5.74) is 5.17. The number of pyridine rings is 1. The van der Waals surface area contributed by atoms with Crippen molar-refractivity contribution < 1.29 is 19.1 Å². The lowest BCUT2D eigenvalue weighted by atomic mass is 10.0. The van der Waals surface area contributed by atoms with Crippen LogP contribution in [0.15, 0.2) is 48.7 Å². The molecule has 3 aromatic rings. The van der Waals surface area contributed by atoms with E-state index in [2.05, 4.69) is 9.88 Å². The molecule has 1 amide bonds. The second kappa shape index (κ2) is 10.4. The van der Waals surface area contributed by atoms with Gasteiger partial charge in [0.2, 0.25) is 0 Å². The Morgan fingerprint density at radius 3 is 2.54 bits per heavy atom. The molecular formula is C26H29N5O4. The molecule has 4 heterocycles. The van der Waals surface area contributed by atoms with Crippen LogP contribution >= 0.6 is 0 Å². The zero-order valence-corrected chi connectivity index (χ0v) is 19.9. The number of benzene rings is 1. The lowest BCUT2D eigenvalue weighted by Crippen LogP contribution is -2.41. The number of fused-ring (bicyclic) bond motifs is 1. The van der Waals surface area contributed by atoms with Crippen LogP contribution in [0.4, 0.5) is 0 Å². The molecule has 0 saturated carbocycles. The lowest BCUT2D eigenvalue weighted by Gasteiger charge is -2.29. The van der Waals surface area contributed by atoms with Crippen molar-refractivity contribution in [2.24, 2.45) is 0 Å². The standard InChI is InChI=1S/C26H29N5O4/c1-34-26(33)20-7-5-19(6-8-20)16-29-11-9-23-22(18-29)24(25(32)30-12-14-35-15-13-30)28-31(23)17-21-4-2-3-10-27-21/h2-8,10H,9,11-18H2,1H3. The summed E-state index contributed by atoms with van der Waals surface area (Å²) >= 11 is 0. The summed E-state index contributed by atoms with van der Waals surface area (Å²) in [6.07, 6.45) is 2.57. The quantitative estimate of drug-likeness (QED) is 0.505. The smallest absolute Gasteiger partial charge is 0.337 e. The van der Waals surface area contributed by atoms with Gasteiger partial charge in [-0.05, 0) is 29.8 Å². The molecule has 0 atom stereocenters. The molecule has 1 fully saturated rings. The molecule has 0 unspecified atom stereocenters. The molecule has 35 heavy (non-hydrogen) atoms. The van der Waals surface area contributed by atoms with E-state index < -0.39 is 0 Å². The van der Waals surface area contributed by atoms with Crippen LogP contribution in [-0.4, -0.2) is 76.4 Å². The van der Waals surface area contributed by atoms with E-state index >= 15 is 0 Å². The maximum atomic E-state index is 13.4. The van der Waals surface area contributed by atoms with Crippen molar-refractivity contribution in [3.63, 3.8) is 0 Å². The minimum atomic E-state index is -0.342.